The zero-order valence-electron chi connectivity index (χ0n) is 11.2. The van der Waals surface area contributed by atoms with Crippen LogP contribution in [0.2, 0.25) is 0 Å². The third kappa shape index (κ3) is 2.76. The smallest absolute Gasteiger partial charge is 0.117 e. The van der Waals surface area contributed by atoms with Crippen LogP contribution in [-0.2, 0) is 4.74 Å². The Balaban J connectivity index is 1.86. The van der Waals surface area contributed by atoms with Crippen molar-refractivity contribution in [2.45, 2.75) is 51.9 Å². The van der Waals surface area contributed by atoms with Gasteiger partial charge in [-0.1, -0.05) is 6.92 Å². The van der Waals surface area contributed by atoms with Crippen LogP contribution in [0.25, 0.3) is 0 Å². The maximum Gasteiger partial charge on any atom is 0.117 e. The van der Waals surface area contributed by atoms with E-state index in [9.17, 15) is 0 Å². The minimum atomic E-state index is -0.0993. The lowest BCUT2D eigenvalue weighted by Crippen LogP contribution is -2.40. The van der Waals surface area contributed by atoms with E-state index < -0.39 is 0 Å². The van der Waals surface area contributed by atoms with Crippen molar-refractivity contribution >= 4 is 0 Å². The van der Waals surface area contributed by atoms with Crippen LogP contribution >= 0.6 is 0 Å². The van der Waals surface area contributed by atoms with Gasteiger partial charge in [0.1, 0.15) is 5.72 Å². The standard InChI is InChI=1S/C13H26N2O/c1-5-15-7-6-11(9-15)8-13(4)14-10-12(2,3)16-13/h11,14H,5-10H2,1-4H3. The predicted octanol–water partition coefficient (Wildman–Crippen LogP) is 1.83. The van der Waals surface area contributed by atoms with E-state index in [-0.39, 0.29) is 11.3 Å². The van der Waals surface area contributed by atoms with Gasteiger partial charge in [0.2, 0.25) is 0 Å². The molecular weight excluding hydrogens is 200 g/mol. The van der Waals surface area contributed by atoms with Crippen LogP contribution in [-0.4, -0.2) is 42.4 Å². The summed E-state index contributed by atoms with van der Waals surface area (Å²) in [7, 11) is 0. The number of ether oxygens (including phenoxy) is 1. The molecule has 16 heavy (non-hydrogen) atoms. The molecule has 0 bridgehead atoms. The highest BCUT2D eigenvalue weighted by Gasteiger charge is 2.42. The van der Waals surface area contributed by atoms with Crippen LogP contribution < -0.4 is 5.32 Å². The molecular formula is C13H26N2O. The van der Waals surface area contributed by atoms with Crippen LogP contribution in [0.15, 0.2) is 0 Å². The van der Waals surface area contributed by atoms with Gasteiger partial charge in [-0.05, 0) is 52.6 Å². The largest absolute Gasteiger partial charge is 0.354 e. The van der Waals surface area contributed by atoms with E-state index in [1.807, 2.05) is 0 Å². The maximum absolute atomic E-state index is 6.14. The number of nitrogens with zero attached hydrogens (tertiary/aromatic N) is 1. The lowest BCUT2D eigenvalue weighted by Gasteiger charge is -2.29. The Kier molecular flexibility index (Phi) is 3.30. The van der Waals surface area contributed by atoms with Crippen LogP contribution in [0.5, 0.6) is 0 Å². The van der Waals surface area contributed by atoms with Crippen molar-refractivity contribution in [3.8, 4) is 0 Å². The summed E-state index contributed by atoms with van der Waals surface area (Å²) in [4.78, 5) is 2.54. The fraction of sp³-hybridized carbons (Fsp3) is 1.00. The Hall–Kier alpha value is -0.120. The van der Waals surface area contributed by atoms with Gasteiger partial charge in [-0.25, -0.2) is 0 Å². The van der Waals surface area contributed by atoms with Gasteiger partial charge < -0.3 is 9.64 Å². The predicted molar refractivity (Wildman–Crippen MR) is 66.4 cm³/mol. The minimum absolute atomic E-state index is 0.00218. The second-order valence-corrected chi connectivity index (χ2v) is 6.20. The summed E-state index contributed by atoms with van der Waals surface area (Å²) in [5, 5.41) is 3.54. The fourth-order valence-corrected chi connectivity index (χ4v) is 3.11. The highest BCUT2D eigenvalue weighted by molar-refractivity contribution is 4.92. The van der Waals surface area contributed by atoms with E-state index in [2.05, 4.69) is 37.9 Å². The molecule has 2 atom stereocenters. The molecule has 0 aliphatic carbocycles. The normalized spacial score (nSPS) is 39.4. The zero-order valence-corrected chi connectivity index (χ0v) is 11.2. The molecule has 0 radical (unpaired) electrons. The van der Waals surface area contributed by atoms with Crippen molar-refractivity contribution in [3.05, 3.63) is 0 Å². The molecule has 1 N–H and O–H groups in total. The monoisotopic (exact) mass is 226 g/mol. The molecule has 2 heterocycles. The van der Waals surface area contributed by atoms with Gasteiger partial charge in [0, 0.05) is 13.1 Å². The second-order valence-electron chi connectivity index (χ2n) is 6.20. The lowest BCUT2D eigenvalue weighted by molar-refractivity contribution is -0.0902. The van der Waals surface area contributed by atoms with Crippen molar-refractivity contribution in [1.29, 1.82) is 0 Å². The van der Waals surface area contributed by atoms with Crippen molar-refractivity contribution in [2.24, 2.45) is 5.92 Å². The molecule has 2 fully saturated rings. The Labute approximate surface area is 99.5 Å². The number of nitrogens with one attached hydrogen (secondary N) is 1. The number of likely N-dealkylation sites (tertiary alicyclic amines) is 1. The summed E-state index contributed by atoms with van der Waals surface area (Å²) >= 11 is 0. The van der Waals surface area contributed by atoms with E-state index in [0.29, 0.717) is 0 Å². The summed E-state index contributed by atoms with van der Waals surface area (Å²) in [6.45, 7) is 13.4. The van der Waals surface area contributed by atoms with Crippen molar-refractivity contribution in [3.63, 3.8) is 0 Å². The highest BCUT2D eigenvalue weighted by Crippen LogP contribution is 2.33. The van der Waals surface area contributed by atoms with Crippen molar-refractivity contribution in [1.82, 2.24) is 10.2 Å². The van der Waals surface area contributed by atoms with Crippen molar-refractivity contribution < 1.29 is 4.74 Å². The Morgan fingerprint density at radius 1 is 1.38 bits per heavy atom. The first-order valence-electron chi connectivity index (χ1n) is 6.60. The van der Waals surface area contributed by atoms with Gasteiger partial charge in [-0.2, -0.15) is 0 Å². The van der Waals surface area contributed by atoms with Crippen LogP contribution in [0.4, 0.5) is 0 Å². The summed E-state index contributed by atoms with van der Waals surface area (Å²) < 4.78 is 6.14. The van der Waals surface area contributed by atoms with E-state index in [1.165, 1.54) is 26.1 Å². The van der Waals surface area contributed by atoms with Gasteiger partial charge in [0.05, 0.1) is 5.60 Å². The van der Waals surface area contributed by atoms with E-state index in [0.717, 1.165) is 18.9 Å². The van der Waals surface area contributed by atoms with Gasteiger partial charge in [0.15, 0.2) is 0 Å². The van der Waals surface area contributed by atoms with Gasteiger partial charge in [-0.15, -0.1) is 0 Å². The SMILES string of the molecule is CCN1CCC(CC2(C)NCC(C)(C)O2)C1. The molecule has 0 amide bonds. The van der Waals surface area contributed by atoms with Crippen LogP contribution in [0, 0.1) is 5.92 Å². The van der Waals surface area contributed by atoms with Gasteiger partial charge in [-0.3, -0.25) is 5.32 Å². The number of hydrogen-bond acceptors (Lipinski definition) is 3. The molecule has 0 spiro atoms. The Morgan fingerprint density at radius 2 is 2.12 bits per heavy atom. The van der Waals surface area contributed by atoms with Crippen molar-refractivity contribution in [2.75, 3.05) is 26.2 Å². The van der Waals surface area contributed by atoms with E-state index >= 15 is 0 Å². The second kappa shape index (κ2) is 4.28. The minimum Gasteiger partial charge on any atom is -0.354 e. The third-order valence-electron chi connectivity index (χ3n) is 3.88. The van der Waals surface area contributed by atoms with E-state index in [1.54, 1.807) is 0 Å². The average Bonchev–Trinajstić information content (AvgIpc) is 2.71. The first-order valence-corrected chi connectivity index (χ1v) is 6.60. The number of hydrogen-bond donors (Lipinski definition) is 1. The summed E-state index contributed by atoms with van der Waals surface area (Å²) in [5.74, 6) is 0.798. The van der Waals surface area contributed by atoms with Gasteiger partial charge in [0.25, 0.3) is 0 Å². The zero-order chi connectivity index (χ0) is 11.8. The molecule has 3 heteroatoms. The highest BCUT2D eigenvalue weighted by atomic mass is 16.5. The molecule has 2 aliphatic rings. The molecule has 0 aromatic rings. The molecule has 94 valence electrons. The summed E-state index contributed by atoms with van der Waals surface area (Å²) in [6, 6.07) is 0. The number of rotatable bonds is 3. The summed E-state index contributed by atoms with van der Waals surface area (Å²) in [5.41, 5.74) is -0.101. The molecule has 0 saturated carbocycles. The maximum atomic E-state index is 6.14. The first kappa shape index (κ1) is 12.3. The van der Waals surface area contributed by atoms with E-state index in [4.69, 9.17) is 4.74 Å². The molecule has 0 aromatic heterocycles. The van der Waals surface area contributed by atoms with Crippen LogP contribution in [0.1, 0.15) is 40.5 Å². The Morgan fingerprint density at radius 3 is 2.62 bits per heavy atom. The average molecular weight is 226 g/mol. The molecule has 3 nitrogen and oxygen atoms in total. The van der Waals surface area contributed by atoms with Crippen LogP contribution in [0.3, 0.4) is 0 Å². The first-order chi connectivity index (χ1) is 7.42. The Bertz CT molecular complexity index is 254. The third-order valence-corrected chi connectivity index (χ3v) is 3.88. The fourth-order valence-electron chi connectivity index (χ4n) is 3.11. The topological polar surface area (TPSA) is 24.5 Å². The summed E-state index contributed by atoms with van der Waals surface area (Å²) in [6.07, 6.45) is 2.47. The molecule has 2 unspecified atom stereocenters. The quantitative estimate of drug-likeness (QED) is 0.794. The molecule has 2 aliphatic heterocycles. The molecule has 2 rings (SSSR count). The molecule has 2 saturated heterocycles. The van der Waals surface area contributed by atoms with Gasteiger partial charge >= 0.3 is 0 Å². The molecule has 0 aromatic carbocycles. The lowest BCUT2D eigenvalue weighted by atomic mass is 9.97.